The number of carbonyl (C=O) groups is 2. The summed E-state index contributed by atoms with van der Waals surface area (Å²) in [6.45, 7) is 2.53. The number of esters is 2. The van der Waals surface area contributed by atoms with Crippen LogP contribution in [-0.2, 0) is 9.59 Å². The standard InChI is InChI=1S/C17H13NO5/c1-11(19)21-15-7-16(22-12(2)20)9-17(8-15)23-14-5-3-13(10-18)4-6-14/h3-9H,1-2H3. The Hall–Kier alpha value is -3.33. The molecule has 0 heterocycles. The van der Waals surface area contributed by atoms with Gasteiger partial charge in [0, 0.05) is 32.0 Å². The molecule has 0 N–H and O–H groups in total. The highest BCUT2D eigenvalue weighted by Gasteiger charge is 2.09. The summed E-state index contributed by atoms with van der Waals surface area (Å²) in [5.41, 5.74) is 0.506. The van der Waals surface area contributed by atoms with Crippen LogP contribution >= 0.6 is 0 Å². The molecule has 116 valence electrons. The van der Waals surface area contributed by atoms with Gasteiger partial charge in [-0.2, -0.15) is 5.26 Å². The molecule has 6 nitrogen and oxygen atoms in total. The third kappa shape index (κ3) is 4.86. The smallest absolute Gasteiger partial charge is 0.308 e. The minimum absolute atomic E-state index is 0.194. The molecule has 0 aliphatic carbocycles. The van der Waals surface area contributed by atoms with Crippen LogP contribution in [0.4, 0.5) is 0 Å². The third-order valence-corrected chi connectivity index (χ3v) is 2.60. The highest BCUT2D eigenvalue weighted by atomic mass is 16.5. The number of carbonyl (C=O) groups excluding carboxylic acids is 2. The van der Waals surface area contributed by atoms with E-state index in [4.69, 9.17) is 19.5 Å². The molecule has 2 aromatic carbocycles. The van der Waals surface area contributed by atoms with Crippen LogP contribution in [0.15, 0.2) is 42.5 Å². The monoisotopic (exact) mass is 311 g/mol. The SMILES string of the molecule is CC(=O)Oc1cc(OC(C)=O)cc(Oc2ccc(C#N)cc2)c1. The average molecular weight is 311 g/mol. The number of hydrogen-bond acceptors (Lipinski definition) is 6. The highest BCUT2D eigenvalue weighted by molar-refractivity contribution is 5.71. The van der Waals surface area contributed by atoms with Gasteiger partial charge in [0.2, 0.25) is 0 Å². The maximum Gasteiger partial charge on any atom is 0.308 e. The van der Waals surface area contributed by atoms with Gasteiger partial charge in [-0.05, 0) is 24.3 Å². The molecule has 0 saturated carbocycles. The lowest BCUT2D eigenvalue weighted by Gasteiger charge is -2.10. The second-order valence-corrected chi connectivity index (χ2v) is 4.57. The maximum atomic E-state index is 11.1. The summed E-state index contributed by atoms with van der Waals surface area (Å²) in [4.78, 5) is 22.2. The van der Waals surface area contributed by atoms with Crippen molar-refractivity contribution in [1.29, 1.82) is 5.26 Å². The molecule has 0 fully saturated rings. The van der Waals surface area contributed by atoms with Crippen molar-refractivity contribution in [3.63, 3.8) is 0 Å². The fourth-order valence-electron chi connectivity index (χ4n) is 1.79. The van der Waals surface area contributed by atoms with Gasteiger partial charge in [-0.25, -0.2) is 0 Å². The summed E-state index contributed by atoms with van der Waals surface area (Å²) < 4.78 is 15.6. The zero-order valence-electron chi connectivity index (χ0n) is 12.5. The van der Waals surface area contributed by atoms with Crippen LogP contribution in [0, 0.1) is 11.3 Å². The Labute approximate surface area is 132 Å². The molecule has 0 aliphatic rings. The van der Waals surface area contributed by atoms with Gasteiger partial charge in [0.1, 0.15) is 23.0 Å². The van der Waals surface area contributed by atoms with Crippen LogP contribution < -0.4 is 14.2 Å². The number of nitriles is 1. The van der Waals surface area contributed by atoms with Gasteiger partial charge in [0.15, 0.2) is 0 Å². The van der Waals surface area contributed by atoms with E-state index in [2.05, 4.69) is 0 Å². The molecule has 0 radical (unpaired) electrons. The van der Waals surface area contributed by atoms with E-state index in [1.54, 1.807) is 24.3 Å². The second-order valence-electron chi connectivity index (χ2n) is 4.57. The van der Waals surface area contributed by atoms with E-state index in [0.717, 1.165) is 0 Å². The Balaban J connectivity index is 2.29. The van der Waals surface area contributed by atoms with Crippen molar-refractivity contribution in [2.75, 3.05) is 0 Å². The molecule has 6 heteroatoms. The summed E-state index contributed by atoms with van der Waals surface area (Å²) in [5.74, 6) is 0.186. The Bertz CT molecular complexity index is 740. The number of ether oxygens (including phenoxy) is 3. The van der Waals surface area contributed by atoms with Gasteiger partial charge in [-0.15, -0.1) is 0 Å². The first kappa shape index (κ1) is 16.0. The van der Waals surface area contributed by atoms with E-state index in [0.29, 0.717) is 17.1 Å². The van der Waals surface area contributed by atoms with Crippen molar-refractivity contribution >= 4 is 11.9 Å². The van der Waals surface area contributed by atoms with E-state index in [1.807, 2.05) is 6.07 Å². The zero-order valence-corrected chi connectivity index (χ0v) is 12.5. The van der Waals surface area contributed by atoms with Crippen LogP contribution in [0.2, 0.25) is 0 Å². The first-order valence-corrected chi connectivity index (χ1v) is 6.66. The summed E-state index contributed by atoms with van der Waals surface area (Å²) in [6, 6.07) is 12.9. The van der Waals surface area contributed by atoms with Gasteiger partial charge < -0.3 is 14.2 Å². The minimum Gasteiger partial charge on any atom is -0.457 e. The van der Waals surface area contributed by atoms with Crippen LogP contribution in [0.3, 0.4) is 0 Å². The van der Waals surface area contributed by atoms with Crippen LogP contribution in [0.25, 0.3) is 0 Å². The van der Waals surface area contributed by atoms with Gasteiger partial charge in [-0.1, -0.05) is 0 Å². The summed E-state index contributed by atoms with van der Waals surface area (Å²) in [5, 5.41) is 8.77. The van der Waals surface area contributed by atoms with Gasteiger partial charge in [-0.3, -0.25) is 9.59 Å². The van der Waals surface area contributed by atoms with Crippen LogP contribution in [0.5, 0.6) is 23.0 Å². The fraction of sp³-hybridized carbons (Fsp3) is 0.118. The molecule has 0 unspecified atom stereocenters. The molecule has 0 saturated heterocycles. The number of hydrogen-bond donors (Lipinski definition) is 0. The largest absolute Gasteiger partial charge is 0.457 e. The molecule has 23 heavy (non-hydrogen) atoms. The molecular formula is C17H13NO5. The lowest BCUT2D eigenvalue weighted by Crippen LogP contribution is -2.04. The van der Waals surface area contributed by atoms with Crippen molar-refractivity contribution in [2.45, 2.75) is 13.8 Å². The molecule has 0 aromatic heterocycles. The quantitative estimate of drug-likeness (QED) is 0.636. The molecular weight excluding hydrogens is 298 g/mol. The Morgan fingerprint density at radius 1 is 0.826 bits per heavy atom. The first-order chi connectivity index (χ1) is 11.0. The predicted octanol–water partition coefficient (Wildman–Crippen LogP) is 3.20. The van der Waals surface area contributed by atoms with Gasteiger partial charge >= 0.3 is 11.9 Å². The summed E-state index contributed by atoms with van der Waals surface area (Å²) in [6.07, 6.45) is 0. The van der Waals surface area contributed by atoms with E-state index in [1.165, 1.54) is 32.0 Å². The molecule has 0 spiro atoms. The van der Waals surface area contributed by atoms with Crippen molar-refractivity contribution in [2.24, 2.45) is 0 Å². The summed E-state index contributed by atoms with van der Waals surface area (Å²) in [7, 11) is 0. The minimum atomic E-state index is -0.505. The van der Waals surface area contributed by atoms with Crippen molar-refractivity contribution in [3.8, 4) is 29.1 Å². The lowest BCUT2D eigenvalue weighted by molar-refractivity contribution is -0.132. The van der Waals surface area contributed by atoms with E-state index in [-0.39, 0.29) is 11.5 Å². The lowest BCUT2D eigenvalue weighted by atomic mass is 10.2. The molecule has 2 rings (SSSR count). The van der Waals surface area contributed by atoms with Crippen molar-refractivity contribution in [1.82, 2.24) is 0 Å². The first-order valence-electron chi connectivity index (χ1n) is 6.66. The van der Waals surface area contributed by atoms with Crippen LogP contribution in [-0.4, -0.2) is 11.9 Å². The molecule has 0 amide bonds. The third-order valence-electron chi connectivity index (χ3n) is 2.60. The van der Waals surface area contributed by atoms with E-state index >= 15 is 0 Å². The molecule has 0 atom stereocenters. The normalized spacial score (nSPS) is 9.61. The zero-order chi connectivity index (χ0) is 16.8. The van der Waals surface area contributed by atoms with Gasteiger partial charge in [0.25, 0.3) is 0 Å². The maximum absolute atomic E-state index is 11.1. The summed E-state index contributed by atoms with van der Waals surface area (Å²) >= 11 is 0. The predicted molar refractivity (Wildman–Crippen MR) is 80.3 cm³/mol. The second kappa shape index (κ2) is 7.09. The number of rotatable bonds is 4. The average Bonchev–Trinajstić information content (AvgIpc) is 2.46. The number of nitrogens with zero attached hydrogens (tertiary/aromatic N) is 1. The fourth-order valence-corrected chi connectivity index (χ4v) is 1.79. The topological polar surface area (TPSA) is 85.6 Å². The van der Waals surface area contributed by atoms with E-state index < -0.39 is 11.9 Å². The Morgan fingerprint density at radius 3 is 1.74 bits per heavy atom. The van der Waals surface area contributed by atoms with Crippen molar-refractivity contribution in [3.05, 3.63) is 48.0 Å². The number of benzene rings is 2. The van der Waals surface area contributed by atoms with Crippen LogP contribution in [0.1, 0.15) is 19.4 Å². The molecule has 0 bridgehead atoms. The molecule has 0 aliphatic heterocycles. The Morgan fingerprint density at radius 2 is 1.30 bits per heavy atom. The Kier molecular flexibility index (Phi) is 4.95. The molecule has 2 aromatic rings. The van der Waals surface area contributed by atoms with E-state index in [9.17, 15) is 9.59 Å². The van der Waals surface area contributed by atoms with Crippen molar-refractivity contribution < 1.29 is 23.8 Å². The van der Waals surface area contributed by atoms with Gasteiger partial charge in [0.05, 0.1) is 11.6 Å². The highest BCUT2D eigenvalue weighted by Crippen LogP contribution is 2.31.